The van der Waals surface area contributed by atoms with E-state index in [1.54, 1.807) is 0 Å². The molecular weight excluding hydrogens is 214 g/mol. The highest BCUT2D eigenvalue weighted by Crippen LogP contribution is 2.33. The van der Waals surface area contributed by atoms with Crippen molar-refractivity contribution < 1.29 is 5.11 Å². The van der Waals surface area contributed by atoms with Crippen LogP contribution in [0.1, 0.15) is 31.7 Å². The molecule has 2 atom stereocenters. The van der Waals surface area contributed by atoms with E-state index in [2.05, 4.69) is 4.98 Å². The summed E-state index contributed by atoms with van der Waals surface area (Å²) in [5.74, 6) is 0.511. The minimum absolute atomic E-state index is 0.0798. The maximum atomic E-state index is 10.1. The van der Waals surface area contributed by atoms with E-state index in [0.29, 0.717) is 5.95 Å². The molecule has 0 radical (unpaired) electrons. The van der Waals surface area contributed by atoms with Gasteiger partial charge in [0.15, 0.2) is 0 Å². The number of aliphatic hydroxyl groups is 1. The zero-order valence-corrected chi connectivity index (χ0v) is 9.71. The van der Waals surface area contributed by atoms with Crippen molar-refractivity contribution in [1.82, 2.24) is 9.55 Å². The smallest absolute Gasteiger partial charge is 0.201 e. The lowest BCUT2D eigenvalue weighted by atomic mass is 9.92. The summed E-state index contributed by atoms with van der Waals surface area (Å²) in [6.45, 7) is 0. The molecule has 1 aromatic heterocycles. The van der Waals surface area contributed by atoms with E-state index in [1.165, 1.54) is 0 Å². The van der Waals surface area contributed by atoms with Crippen LogP contribution in [-0.2, 0) is 0 Å². The fourth-order valence-corrected chi connectivity index (χ4v) is 2.80. The Balaban J connectivity index is 2.12. The van der Waals surface area contributed by atoms with Crippen molar-refractivity contribution in [3.63, 3.8) is 0 Å². The van der Waals surface area contributed by atoms with E-state index in [4.69, 9.17) is 5.73 Å². The topological polar surface area (TPSA) is 64.1 Å². The number of nitrogen functional groups attached to an aromatic ring is 1. The molecule has 1 aliphatic rings. The molecule has 0 unspecified atom stereocenters. The Kier molecular flexibility index (Phi) is 2.52. The van der Waals surface area contributed by atoms with Gasteiger partial charge in [-0.15, -0.1) is 0 Å². The number of hydrogen-bond acceptors (Lipinski definition) is 3. The molecule has 0 amide bonds. The molecule has 1 saturated carbocycles. The molecule has 4 heteroatoms. The van der Waals surface area contributed by atoms with Crippen LogP contribution in [0.3, 0.4) is 0 Å². The van der Waals surface area contributed by atoms with Crippen molar-refractivity contribution in [3.05, 3.63) is 24.3 Å². The van der Waals surface area contributed by atoms with E-state index in [9.17, 15) is 5.11 Å². The second-order valence-electron chi connectivity index (χ2n) is 4.75. The van der Waals surface area contributed by atoms with Crippen LogP contribution in [0, 0.1) is 0 Å². The summed E-state index contributed by atoms with van der Waals surface area (Å²) < 4.78 is 2.00. The van der Waals surface area contributed by atoms with Crippen LogP contribution in [0.15, 0.2) is 24.3 Å². The number of benzene rings is 1. The Morgan fingerprint density at radius 1 is 1.24 bits per heavy atom. The molecule has 17 heavy (non-hydrogen) atoms. The highest BCUT2D eigenvalue weighted by atomic mass is 16.3. The standard InChI is InChI=1S/C13H17N3O/c14-13-15-9-5-1-2-6-10(9)16(13)11-7-3-4-8-12(11)17/h1-2,5-6,11-12,17H,3-4,7-8H2,(H2,14,15)/t11-,12-/m1/s1. The lowest BCUT2D eigenvalue weighted by Gasteiger charge is -2.29. The predicted molar refractivity (Wildman–Crippen MR) is 67.7 cm³/mol. The quantitative estimate of drug-likeness (QED) is 0.790. The summed E-state index contributed by atoms with van der Waals surface area (Å²) in [6.07, 6.45) is 3.78. The number of nitrogens with two attached hydrogens (primary N) is 1. The summed E-state index contributed by atoms with van der Waals surface area (Å²) in [4.78, 5) is 4.35. The number of imidazole rings is 1. The molecular formula is C13H17N3O. The first-order valence-electron chi connectivity index (χ1n) is 6.18. The van der Waals surface area contributed by atoms with Gasteiger partial charge in [0.1, 0.15) is 0 Å². The largest absolute Gasteiger partial charge is 0.391 e. The van der Waals surface area contributed by atoms with Crippen LogP contribution in [0.2, 0.25) is 0 Å². The number of anilines is 1. The zero-order chi connectivity index (χ0) is 11.8. The van der Waals surface area contributed by atoms with Gasteiger partial charge in [-0.25, -0.2) is 4.98 Å². The number of nitrogens with zero attached hydrogens (tertiary/aromatic N) is 2. The summed E-state index contributed by atoms with van der Waals surface area (Å²) in [5.41, 5.74) is 7.92. The van der Waals surface area contributed by atoms with E-state index in [-0.39, 0.29) is 12.1 Å². The maximum absolute atomic E-state index is 10.1. The summed E-state index contributed by atoms with van der Waals surface area (Å²) in [5, 5.41) is 10.1. The molecule has 1 aliphatic carbocycles. The molecule has 2 aromatic rings. The Hall–Kier alpha value is -1.55. The SMILES string of the molecule is Nc1nc2ccccc2n1[C@@H]1CCCC[C@H]1O. The van der Waals surface area contributed by atoms with Crippen molar-refractivity contribution >= 4 is 17.0 Å². The normalized spacial score (nSPS) is 25.2. The third-order valence-electron chi connectivity index (χ3n) is 3.65. The first kappa shape index (κ1) is 10.6. The number of aromatic nitrogens is 2. The molecule has 0 spiro atoms. The minimum atomic E-state index is -0.302. The van der Waals surface area contributed by atoms with Gasteiger partial charge in [0.2, 0.25) is 5.95 Å². The molecule has 1 aromatic carbocycles. The lowest BCUT2D eigenvalue weighted by Crippen LogP contribution is -2.28. The molecule has 0 bridgehead atoms. The van der Waals surface area contributed by atoms with Crippen LogP contribution in [-0.4, -0.2) is 20.8 Å². The van der Waals surface area contributed by atoms with E-state index in [0.717, 1.165) is 36.7 Å². The molecule has 1 heterocycles. The van der Waals surface area contributed by atoms with Crippen LogP contribution < -0.4 is 5.73 Å². The van der Waals surface area contributed by atoms with Gasteiger partial charge in [-0.3, -0.25) is 0 Å². The van der Waals surface area contributed by atoms with Crippen molar-refractivity contribution in [2.45, 2.75) is 37.8 Å². The average Bonchev–Trinajstić information content (AvgIpc) is 2.66. The second-order valence-corrected chi connectivity index (χ2v) is 4.75. The highest BCUT2D eigenvalue weighted by molar-refractivity contribution is 5.78. The fourth-order valence-electron chi connectivity index (χ4n) is 2.80. The molecule has 90 valence electrons. The van der Waals surface area contributed by atoms with Crippen molar-refractivity contribution in [3.8, 4) is 0 Å². The lowest BCUT2D eigenvalue weighted by molar-refractivity contribution is 0.0783. The molecule has 3 N–H and O–H groups in total. The van der Waals surface area contributed by atoms with E-state index in [1.807, 2.05) is 28.8 Å². The fraction of sp³-hybridized carbons (Fsp3) is 0.462. The van der Waals surface area contributed by atoms with E-state index >= 15 is 0 Å². The van der Waals surface area contributed by atoms with Gasteiger partial charge in [0.25, 0.3) is 0 Å². The Morgan fingerprint density at radius 3 is 2.82 bits per heavy atom. The van der Waals surface area contributed by atoms with Gasteiger partial charge in [-0.1, -0.05) is 25.0 Å². The van der Waals surface area contributed by atoms with Gasteiger partial charge >= 0.3 is 0 Å². The average molecular weight is 231 g/mol. The Labute approximate surface area is 100 Å². The van der Waals surface area contributed by atoms with Crippen molar-refractivity contribution in [2.24, 2.45) is 0 Å². The van der Waals surface area contributed by atoms with Crippen LogP contribution in [0.4, 0.5) is 5.95 Å². The second kappa shape index (κ2) is 4.04. The number of hydrogen-bond donors (Lipinski definition) is 2. The van der Waals surface area contributed by atoms with Crippen LogP contribution in [0.5, 0.6) is 0 Å². The maximum Gasteiger partial charge on any atom is 0.201 e. The molecule has 1 fully saturated rings. The van der Waals surface area contributed by atoms with Crippen LogP contribution >= 0.6 is 0 Å². The summed E-state index contributed by atoms with van der Waals surface area (Å²) in [7, 11) is 0. The van der Waals surface area contributed by atoms with E-state index < -0.39 is 0 Å². The Bertz CT molecular complexity index is 534. The highest BCUT2D eigenvalue weighted by Gasteiger charge is 2.27. The Morgan fingerprint density at radius 2 is 2.00 bits per heavy atom. The first-order valence-corrected chi connectivity index (χ1v) is 6.18. The van der Waals surface area contributed by atoms with Crippen molar-refractivity contribution in [2.75, 3.05) is 5.73 Å². The third kappa shape index (κ3) is 1.69. The number of fused-ring (bicyclic) bond motifs is 1. The molecule has 0 saturated heterocycles. The van der Waals surface area contributed by atoms with Crippen LogP contribution in [0.25, 0.3) is 11.0 Å². The first-order chi connectivity index (χ1) is 8.27. The predicted octanol–water partition coefficient (Wildman–Crippen LogP) is 2.09. The van der Waals surface area contributed by atoms with Gasteiger partial charge in [0.05, 0.1) is 23.2 Å². The summed E-state index contributed by atoms with van der Waals surface area (Å²) >= 11 is 0. The zero-order valence-electron chi connectivity index (χ0n) is 9.71. The molecule has 4 nitrogen and oxygen atoms in total. The van der Waals surface area contributed by atoms with Gasteiger partial charge < -0.3 is 15.4 Å². The van der Waals surface area contributed by atoms with Gasteiger partial charge in [0, 0.05) is 0 Å². The number of rotatable bonds is 1. The summed E-state index contributed by atoms with van der Waals surface area (Å²) in [6, 6.07) is 7.99. The molecule has 3 rings (SSSR count). The van der Waals surface area contributed by atoms with Gasteiger partial charge in [-0.05, 0) is 25.0 Å². The number of aliphatic hydroxyl groups excluding tert-OH is 1. The van der Waals surface area contributed by atoms with Gasteiger partial charge in [-0.2, -0.15) is 0 Å². The number of para-hydroxylation sites is 2. The minimum Gasteiger partial charge on any atom is -0.391 e. The third-order valence-corrected chi connectivity index (χ3v) is 3.65. The monoisotopic (exact) mass is 231 g/mol. The molecule has 0 aliphatic heterocycles. The van der Waals surface area contributed by atoms with Crippen molar-refractivity contribution in [1.29, 1.82) is 0 Å².